The molecule has 112 valence electrons. The zero-order valence-corrected chi connectivity index (χ0v) is 13.5. The Balaban J connectivity index is 2.41. The van der Waals surface area contributed by atoms with E-state index in [0.717, 1.165) is 18.8 Å². The van der Waals surface area contributed by atoms with Crippen molar-refractivity contribution in [1.82, 2.24) is 0 Å². The molecule has 1 rings (SSSR count). The number of hydrogen-bond acceptors (Lipinski definition) is 2. The van der Waals surface area contributed by atoms with E-state index in [0.29, 0.717) is 12.7 Å². The van der Waals surface area contributed by atoms with Gasteiger partial charge in [-0.25, -0.2) is 0 Å². The lowest BCUT2D eigenvalue weighted by Crippen LogP contribution is -2.13. The fraction of sp³-hybridized carbons (Fsp3) is 0.556. The Morgan fingerprint density at radius 1 is 1.10 bits per heavy atom. The predicted molar refractivity (Wildman–Crippen MR) is 85.5 cm³/mol. The highest BCUT2D eigenvalue weighted by Gasteiger charge is 2.17. The molecule has 2 nitrogen and oxygen atoms in total. The minimum Gasteiger partial charge on any atom is -0.489 e. The molecule has 0 spiro atoms. The van der Waals surface area contributed by atoms with E-state index >= 15 is 0 Å². The Morgan fingerprint density at radius 2 is 1.80 bits per heavy atom. The molecule has 0 bridgehead atoms. The summed E-state index contributed by atoms with van der Waals surface area (Å²) in [6, 6.07) is 8.25. The van der Waals surface area contributed by atoms with Gasteiger partial charge in [-0.15, -0.1) is 0 Å². The van der Waals surface area contributed by atoms with Crippen molar-refractivity contribution in [2.45, 2.75) is 52.6 Å². The van der Waals surface area contributed by atoms with Crippen LogP contribution in [0.1, 0.15) is 46.6 Å². The van der Waals surface area contributed by atoms with Crippen LogP contribution in [0.2, 0.25) is 0 Å². The van der Waals surface area contributed by atoms with Gasteiger partial charge in [0.2, 0.25) is 0 Å². The minimum absolute atomic E-state index is 0.103. The van der Waals surface area contributed by atoms with Gasteiger partial charge in [0.25, 0.3) is 0 Å². The van der Waals surface area contributed by atoms with Crippen LogP contribution in [0.25, 0.3) is 0 Å². The van der Waals surface area contributed by atoms with Gasteiger partial charge in [0, 0.05) is 0 Å². The number of para-hydroxylation sites is 1. The van der Waals surface area contributed by atoms with Crippen molar-refractivity contribution in [2.24, 2.45) is 0 Å². The molecule has 0 radical (unpaired) electrons. The molecule has 0 fully saturated rings. The molecule has 0 aromatic heterocycles. The van der Waals surface area contributed by atoms with E-state index in [4.69, 9.17) is 9.47 Å². The Labute approximate surface area is 123 Å². The molecular formula is C18H28O2. The summed E-state index contributed by atoms with van der Waals surface area (Å²) in [5.74, 6) is 0.975. The molecule has 20 heavy (non-hydrogen) atoms. The topological polar surface area (TPSA) is 18.5 Å². The molecule has 0 aliphatic rings. The normalized spacial score (nSPS) is 12.3. The van der Waals surface area contributed by atoms with E-state index in [1.54, 1.807) is 0 Å². The lowest BCUT2D eigenvalue weighted by Gasteiger charge is -2.22. The van der Waals surface area contributed by atoms with Gasteiger partial charge < -0.3 is 9.47 Å². The second-order valence-electron chi connectivity index (χ2n) is 6.24. The van der Waals surface area contributed by atoms with Crippen molar-refractivity contribution < 1.29 is 9.47 Å². The van der Waals surface area contributed by atoms with Gasteiger partial charge in [-0.3, -0.25) is 0 Å². The number of ether oxygens (including phenoxy) is 2. The van der Waals surface area contributed by atoms with Crippen LogP contribution in [0.4, 0.5) is 0 Å². The van der Waals surface area contributed by atoms with Crippen LogP contribution >= 0.6 is 0 Å². The summed E-state index contributed by atoms with van der Waals surface area (Å²) in [5.41, 5.74) is 1.35. The van der Waals surface area contributed by atoms with Crippen LogP contribution in [0.15, 0.2) is 36.4 Å². The Bertz CT molecular complexity index is 414. The van der Waals surface area contributed by atoms with Crippen LogP contribution < -0.4 is 4.74 Å². The summed E-state index contributed by atoms with van der Waals surface area (Å²) >= 11 is 0. The molecule has 1 aromatic carbocycles. The average Bonchev–Trinajstić information content (AvgIpc) is 2.36. The standard InChI is InChI=1S/C18H28O2/c1-15(2)19-13-9-6-10-14-20-17-12-8-7-11-16(17)18(3,4)5/h6-8,10-12,15H,9,13-14H2,1-5H3. The third-order valence-corrected chi connectivity index (χ3v) is 2.93. The molecule has 1 aromatic rings. The molecule has 0 aliphatic heterocycles. The van der Waals surface area contributed by atoms with Crippen molar-refractivity contribution in [2.75, 3.05) is 13.2 Å². The maximum atomic E-state index is 5.86. The van der Waals surface area contributed by atoms with E-state index in [2.05, 4.69) is 58.9 Å². The molecular weight excluding hydrogens is 248 g/mol. The van der Waals surface area contributed by atoms with Crippen LogP contribution in [0.3, 0.4) is 0 Å². The van der Waals surface area contributed by atoms with E-state index < -0.39 is 0 Å². The number of hydrogen-bond donors (Lipinski definition) is 0. The van der Waals surface area contributed by atoms with Gasteiger partial charge in [-0.05, 0) is 37.3 Å². The summed E-state index contributed by atoms with van der Waals surface area (Å²) in [4.78, 5) is 0. The van der Waals surface area contributed by atoms with Crippen LogP contribution in [0, 0.1) is 0 Å². The molecule has 0 unspecified atom stereocenters. The van der Waals surface area contributed by atoms with Crippen molar-refractivity contribution >= 4 is 0 Å². The Hall–Kier alpha value is -1.28. The van der Waals surface area contributed by atoms with E-state index in [1.807, 2.05) is 12.1 Å². The highest BCUT2D eigenvalue weighted by Crippen LogP contribution is 2.30. The first-order chi connectivity index (χ1) is 9.41. The molecule has 0 amide bonds. The summed E-state index contributed by atoms with van der Waals surface area (Å²) in [6.07, 6.45) is 5.41. The van der Waals surface area contributed by atoms with Crippen molar-refractivity contribution in [3.05, 3.63) is 42.0 Å². The van der Waals surface area contributed by atoms with Crippen LogP contribution in [-0.4, -0.2) is 19.3 Å². The van der Waals surface area contributed by atoms with Gasteiger partial charge in [0.1, 0.15) is 12.4 Å². The zero-order valence-electron chi connectivity index (χ0n) is 13.5. The maximum absolute atomic E-state index is 5.86. The first kappa shape index (κ1) is 16.8. The molecule has 0 atom stereocenters. The summed E-state index contributed by atoms with van der Waals surface area (Å²) < 4.78 is 11.3. The fourth-order valence-electron chi connectivity index (χ4n) is 1.91. The first-order valence-electron chi connectivity index (χ1n) is 7.40. The second kappa shape index (κ2) is 8.11. The highest BCUT2D eigenvalue weighted by molar-refractivity contribution is 5.38. The second-order valence-corrected chi connectivity index (χ2v) is 6.24. The molecule has 0 N–H and O–H groups in total. The van der Waals surface area contributed by atoms with Crippen molar-refractivity contribution in [3.63, 3.8) is 0 Å². The lowest BCUT2D eigenvalue weighted by atomic mass is 9.86. The van der Waals surface area contributed by atoms with E-state index in [-0.39, 0.29) is 5.41 Å². The van der Waals surface area contributed by atoms with Gasteiger partial charge in [0.15, 0.2) is 0 Å². The van der Waals surface area contributed by atoms with Crippen LogP contribution in [-0.2, 0) is 10.2 Å². The van der Waals surface area contributed by atoms with Crippen molar-refractivity contribution in [1.29, 1.82) is 0 Å². The first-order valence-corrected chi connectivity index (χ1v) is 7.40. The van der Waals surface area contributed by atoms with Gasteiger partial charge in [-0.1, -0.05) is 51.1 Å². The zero-order chi connectivity index (χ0) is 15.0. The lowest BCUT2D eigenvalue weighted by molar-refractivity contribution is 0.0825. The fourth-order valence-corrected chi connectivity index (χ4v) is 1.91. The summed E-state index contributed by atoms with van der Waals surface area (Å²) in [5, 5.41) is 0. The maximum Gasteiger partial charge on any atom is 0.123 e. The van der Waals surface area contributed by atoms with Gasteiger partial charge >= 0.3 is 0 Å². The monoisotopic (exact) mass is 276 g/mol. The minimum atomic E-state index is 0.103. The third kappa shape index (κ3) is 6.25. The smallest absolute Gasteiger partial charge is 0.123 e. The Morgan fingerprint density at radius 3 is 2.45 bits per heavy atom. The SMILES string of the molecule is CC(C)OCCC=CCOc1ccccc1C(C)(C)C. The molecule has 0 heterocycles. The quantitative estimate of drug-likeness (QED) is 0.529. The molecule has 0 aliphatic carbocycles. The molecule has 0 saturated carbocycles. The number of rotatable bonds is 7. The summed E-state index contributed by atoms with van der Waals surface area (Å²) in [6.45, 7) is 12.1. The largest absolute Gasteiger partial charge is 0.489 e. The van der Waals surface area contributed by atoms with E-state index in [1.165, 1.54) is 5.56 Å². The van der Waals surface area contributed by atoms with E-state index in [9.17, 15) is 0 Å². The van der Waals surface area contributed by atoms with Gasteiger partial charge in [0.05, 0.1) is 12.7 Å². The predicted octanol–water partition coefficient (Wildman–Crippen LogP) is 4.73. The Kier molecular flexibility index (Phi) is 6.80. The molecule has 0 saturated heterocycles. The van der Waals surface area contributed by atoms with Gasteiger partial charge in [-0.2, -0.15) is 0 Å². The average molecular weight is 276 g/mol. The van der Waals surface area contributed by atoms with Crippen LogP contribution in [0.5, 0.6) is 5.75 Å². The van der Waals surface area contributed by atoms with Crippen molar-refractivity contribution in [3.8, 4) is 5.75 Å². The molecule has 2 heteroatoms. The number of benzene rings is 1. The third-order valence-electron chi connectivity index (χ3n) is 2.93. The highest BCUT2D eigenvalue weighted by atomic mass is 16.5. The summed E-state index contributed by atoms with van der Waals surface area (Å²) in [7, 11) is 0.